The van der Waals surface area contributed by atoms with Crippen molar-refractivity contribution in [2.24, 2.45) is 0 Å². The van der Waals surface area contributed by atoms with Crippen molar-refractivity contribution in [3.8, 4) is 27.8 Å². The maximum Gasteiger partial charge on any atom is 0.514 e. The summed E-state index contributed by atoms with van der Waals surface area (Å²) in [5.74, 6) is 2.06. The Balaban J connectivity index is 1.68. The molecule has 0 spiro atoms. The van der Waals surface area contributed by atoms with E-state index >= 15 is 0 Å². The molecule has 1 saturated heterocycles. The largest absolute Gasteiger partial charge is 0.514 e. The SMILES string of the molecule is CCOC(=O)Oc1c(OC)cc(-c2nn3c(C4CCN(C)CC4)nnc3s2)cc1OC. The van der Waals surface area contributed by atoms with Crippen molar-refractivity contribution in [2.45, 2.75) is 25.7 Å². The molecule has 166 valence electrons. The molecule has 1 fully saturated rings. The zero-order valence-corrected chi connectivity index (χ0v) is 18.8. The highest BCUT2D eigenvalue weighted by Crippen LogP contribution is 2.42. The second-order valence-electron chi connectivity index (χ2n) is 7.23. The van der Waals surface area contributed by atoms with E-state index in [4.69, 9.17) is 24.0 Å². The number of methoxy groups -OCH3 is 2. The summed E-state index contributed by atoms with van der Waals surface area (Å²) in [6.07, 6.45) is 1.24. The van der Waals surface area contributed by atoms with E-state index in [1.54, 1.807) is 19.1 Å². The second kappa shape index (κ2) is 9.06. The summed E-state index contributed by atoms with van der Waals surface area (Å²) in [5.41, 5.74) is 0.759. The van der Waals surface area contributed by atoms with Crippen LogP contribution in [0.15, 0.2) is 12.1 Å². The Hall–Kier alpha value is -2.92. The third kappa shape index (κ3) is 4.28. The van der Waals surface area contributed by atoms with Crippen LogP contribution in [0.1, 0.15) is 31.5 Å². The summed E-state index contributed by atoms with van der Waals surface area (Å²) in [4.78, 5) is 14.9. The molecular weight excluding hydrogens is 422 g/mol. The molecule has 0 radical (unpaired) electrons. The molecule has 0 amide bonds. The number of rotatable bonds is 6. The zero-order chi connectivity index (χ0) is 22.0. The fourth-order valence-corrected chi connectivity index (χ4v) is 4.44. The van der Waals surface area contributed by atoms with Crippen LogP contribution in [0.5, 0.6) is 17.2 Å². The Morgan fingerprint density at radius 3 is 2.45 bits per heavy atom. The van der Waals surface area contributed by atoms with E-state index in [2.05, 4.69) is 22.1 Å². The van der Waals surface area contributed by atoms with Gasteiger partial charge in [0.25, 0.3) is 0 Å². The quantitative estimate of drug-likeness (QED) is 0.416. The average molecular weight is 448 g/mol. The molecule has 3 heterocycles. The molecular formula is C20H25N5O5S. The second-order valence-corrected chi connectivity index (χ2v) is 8.19. The van der Waals surface area contributed by atoms with Gasteiger partial charge in [0.05, 0.1) is 20.8 Å². The Morgan fingerprint density at radius 2 is 1.84 bits per heavy atom. The number of aromatic nitrogens is 4. The van der Waals surface area contributed by atoms with Gasteiger partial charge in [0.2, 0.25) is 10.7 Å². The molecule has 0 N–H and O–H groups in total. The minimum Gasteiger partial charge on any atom is -0.493 e. The molecule has 1 aromatic carbocycles. The normalized spacial score (nSPS) is 15.2. The van der Waals surface area contributed by atoms with Gasteiger partial charge in [-0.25, -0.2) is 4.79 Å². The lowest BCUT2D eigenvalue weighted by atomic mass is 9.96. The maximum absolute atomic E-state index is 11.8. The first-order valence-electron chi connectivity index (χ1n) is 10.1. The Bertz CT molecular complexity index is 1050. The molecule has 4 rings (SSSR count). The fraction of sp³-hybridized carbons (Fsp3) is 0.500. The number of ether oxygens (including phenoxy) is 4. The molecule has 0 unspecified atom stereocenters. The number of carbonyl (C=O) groups is 1. The lowest BCUT2D eigenvalue weighted by Crippen LogP contribution is -2.30. The van der Waals surface area contributed by atoms with Crippen LogP contribution in [-0.4, -0.2) is 71.8 Å². The van der Waals surface area contributed by atoms with E-state index < -0.39 is 6.16 Å². The number of likely N-dealkylation sites (tertiary alicyclic amines) is 1. The number of piperidine rings is 1. The highest BCUT2D eigenvalue weighted by Gasteiger charge is 2.26. The van der Waals surface area contributed by atoms with Crippen LogP contribution in [0.4, 0.5) is 4.79 Å². The van der Waals surface area contributed by atoms with Crippen molar-refractivity contribution in [2.75, 3.05) is 41.0 Å². The van der Waals surface area contributed by atoms with Gasteiger partial charge in [-0.3, -0.25) is 0 Å². The molecule has 31 heavy (non-hydrogen) atoms. The van der Waals surface area contributed by atoms with E-state index in [9.17, 15) is 4.79 Å². The van der Waals surface area contributed by atoms with Gasteiger partial charge in [-0.2, -0.15) is 9.61 Å². The van der Waals surface area contributed by atoms with Crippen LogP contribution in [0.2, 0.25) is 0 Å². The maximum atomic E-state index is 11.8. The molecule has 1 aliphatic rings. The van der Waals surface area contributed by atoms with Gasteiger partial charge in [0.15, 0.2) is 17.3 Å². The monoisotopic (exact) mass is 447 g/mol. The lowest BCUT2D eigenvalue weighted by molar-refractivity contribution is 0.102. The first kappa shape index (κ1) is 21.3. The minimum atomic E-state index is -0.826. The third-order valence-corrected chi connectivity index (χ3v) is 6.20. The molecule has 0 bridgehead atoms. The van der Waals surface area contributed by atoms with Crippen LogP contribution >= 0.6 is 11.3 Å². The first-order chi connectivity index (χ1) is 15.0. The van der Waals surface area contributed by atoms with Crippen LogP contribution in [-0.2, 0) is 4.74 Å². The number of hydrogen-bond acceptors (Lipinski definition) is 10. The predicted octanol–water partition coefficient (Wildman–Crippen LogP) is 3.21. The average Bonchev–Trinajstić information content (AvgIpc) is 3.35. The predicted molar refractivity (Wildman–Crippen MR) is 114 cm³/mol. The molecule has 1 aliphatic heterocycles. The minimum absolute atomic E-state index is 0.155. The molecule has 2 aromatic heterocycles. The van der Waals surface area contributed by atoms with Gasteiger partial charge >= 0.3 is 6.16 Å². The van der Waals surface area contributed by atoms with Gasteiger partial charge in [0, 0.05) is 11.5 Å². The van der Waals surface area contributed by atoms with Crippen molar-refractivity contribution in [1.82, 2.24) is 24.7 Å². The first-order valence-corrected chi connectivity index (χ1v) is 10.9. The Kier molecular flexibility index (Phi) is 6.23. The van der Waals surface area contributed by atoms with E-state index in [1.165, 1.54) is 25.6 Å². The zero-order valence-electron chi connectivity index (χ0n) is 18.0. The van der Waals surface area contributed by atoms with E-state index in [-0.39, 0.29) is 12.4 Å². The van der Waals surface area contributed by atoms with E-state index in [0.29, 0.717) is 17.4 Å². The molecule has 0 atom stereocenters. The van der Waals surface area contributed by atoms with Crippen LogP contribution < -0.4 is 14.2 Å². The van der Waals surface area contributed by atoms with Gasteiger partial charge in [-0.1, -0.05) is 11.3 Å². The van der Waals surface area contributed by atoms with Crippen molar-refractivity contribution in [3.63, 3.8) is 0 Å². The summed E-state index contributed by atoms with van der Waals surface area (Å²) in [5, 5.41) is 14.2. The summed E-state index contributed by atoms with van der Waals surface area (Å²) >= 11 is 1.43. The topological polar surface area (TPSA) is 100 Å². The van der Waals surface area contributed by atoms with Crippen LogP contribution in [0, 0.1) is 0 Å². The van der Waals surface area contributed by atoms with Gasteiger partial charge in [-0.15, -0.1) is 10.2 Å². The Labute approximate surface area is 183 Å². The number of fused-ring (bicyclic) bond motifs is 1. The molecule has 11 heteroatoms. The Morgan fingerprint density at radius 1 is 1.16 bits per heavy atom. The summed E-state index contributed by atoms with van der Waals surface area (Å²) in [6, 6.07) is 3.50. The number of hydrogen-bond donors (Lipinski definition) is 0. The fourth-order valence-electron chi connectivity index (χ4n) is 3.60. The number of nitrogens with zero attached hydrogens (tertiary/aromatic N) is 5. The van der Waals surface area contributed by atoms with E-state index in [0.717, 1.165) is 47.3 Å². The molecule has 3 aromatic rings. The standard InChI is InChI=1S/C20H25N5O5S/c1-5-29-20(26)30-16-14(27-3)10-13(11-15(16)28-4)18-23-25-17(21-22-19(25)31-18)12-6-8-24(2)9-7-12/h10-12H,5-9H2,1-4H3. The third-order valence-electron chi connectivity index (χ3n) is 5.25. The van der Waals surface area contributed by atoms with Crippen LogP contribution in [0.25, 0.3) is 15.5 Å². The highest BCUT2D eigenvalue weighted by atomic mass is 32.1. The summed E-state index contributed by atoms with van der Waals surface area (Å²) in [6.45, 7) is 3.97. The van der Waals surface area contributed by atoms with Gasteiger partial charge in [-0.05, 0) is 52.0 Å². The molecule has 0 saturated carbocycles. The van der Waals surface area contributed by atoms with Gasteiger partial charge in [0.1, 0.15) is 5.01 Å². The number of carbonyl (C=O) groups excluding carboxylic acids is 1. The van der Waals surface area contributed by atoms with Crippen molar-refractivity contribution in [3.05, 3.63) is 18.0 Å². The van der Waals surface area contributed by atoms with Crippen molar-refractivity contribution >= 4 is 22.5 Å². The summed E-state index contributed by atoms with van der Waals surface area (Å²) in [7, 11) is 5.12. The molecule has 0 aliphatic carbocycles. The lowest BCUT2D eigenvalue weighted by Gasteiger charge is -2.27. The van der Waals surface area contributed by atoms with Crippen molar-refractivity contribution in [1.29, 1.82) is 0 Å². The number of benzene rings is 1. The smallest absolute Gasteiger partial charge is 0.493 e. The van der Waals surface area contributed by atoms with Gasteiger partial charge < -0.3 is 23.8 Å². The molecule has 10 nitrogen and oxygen atoms in total. The van der Waals surface area contributed by atoms with E-state index in [1.807, 2.05) is 4.52 Å². The highest BCUT2D eigenvalue weighted by molar-refractivity contribution is 7.19. The summed E-state index contributed by atoms with van der Waals surface area (Å²) < 4.78 is 22.9. The van der Waals surface area contributed by atoms with Crippen LogP contribution in [0.3, 0.4) is 0 Å². The van der Waals surface area contributed by atoms with Crippen molar-refractivity contribution < 1.29 is 23.7 Å².